The van der Waals surface area contributed by atoms with Crippen LogP contribution in [0.3, 0.4) is 0 Å². The zero-order valence-corrected chi connectivity index (χ0v) is 15.0. The lowest BCUT2D eigenvalue weighted by Crippen LogP contribution is -2.24. The molecule has 1 amide bonds. The fourth-order valence-electron chi connectivity index (χ4n) is 2.62. The molecule has 2 N–H and O–H groups in total. The molecular formula is C21H22N4O. The molecule has 0 atom stereocenters. The SMILES string of the molecule is CCc1ccc(Nc2cc(C(=O)NCc3cccc(C)c3)ncn2)cc1. The van der Waals surface area contributed by atoms with Crippen LogP contribution in [0.15, 0.2) is 60.9 Å². The molecule has 0 fully saturated rings. The number of rotatable bonds is 6. The normalized spacial score (nSPS) is 10.4. The summed E-state index contributed by atoms with van der Waals surface area (Å²) in [6.45, 7) is 4.61. The highest BCUT2D eigenvalue weighted by Crippen LogP contribution is 2.16. The van der Waals surface area contributed by atoms with E-state index in [1.54, 1.807) is 6.07 Å². The first-order valence-electron chi connectivity index (χ1n) is 8.66. The van der Waals surface area contributed by atoms with E-state index in [9.17, 15) is 4.79 Å². The Morgan fingerprint density at radius 2 is 1.81 bits per heavy atom. The molecule has 0 saturated carbocycles. The molecule has 0 aliphatic heterocycles. The first kappa shape index (κ1) is 17.6. The molecule has 0 bridgehead atoms. The van der Waals surface area contributed by atoms with Crippen molar-refractivity contribution in [3.8, 4) is 0 Å². The summed E-state index contributed by atoms with van der Waals surface area (Å²) in [5.74, 6) is 0.364. The van der Waals surface area contributed by atoms with E-state index in [2.05, 4.69) is 39.7 Å². The Bertz CT molecular complexity index is 891. The molecule has 0 spiro atoms. The summed E-state index contributed by atoms with van der Waals surface area (Å²) in [4.78, 5) is 20.6. The Hall–Kier alpha value is -3.21. The number of anilines is 2. The molecule has 5 nitrogen and oxygen atoms in total. The van der Waals surface area contributed by atoms with Gasteiger partial charge in [-0.2, -0.15) is 0 Å². The number of hydrogen-bond acceptors (Lipinski definition) is 4. The Kier molecular flexibility index (Phi) is 5.59. The van der Waals surface area contributed by atoms with Crippen LogP contribution in [0.25, 0.3) is 0 Å². The lowest BCUT2D eigenvalue weighted by Gasteiger charge is -2.08. The minimum atomic E-state index is -0.224. The van der Waals surface area contributed by atoms with Crippen molar-refractivity contribution >= 4 is 17.4 Å². The van der Waals surface area contributed by atoms with E-state index in [0.717, 1.165) is 17.7 Å². The van der Waals surface area contributed by atoms with E-state index in [-0.39, 0.29) is 5.91 Å². The van der Waals surface area contributed by atoms with E-state index in [0.29, 0.717) is 18.1 Å². The third-order valence-corrected chi connectivity index (χ3v) is 4.07. The molecule has 26 heavy (non-hydrogen) atoms. The highest BCUT2D eigenvalue weighted by molar-refractivity contribution is 5.92. The van der Waals surface area contributed by atoms with Crippen LogP contribution in [-0.4, -0.2) is 15.9 Å². The monoisotopic (exact) mass is 346 g/mol. The molecule has 0 aliphatic rings. The van der Waals surface area contributed by atoms with Gasteiger partial charge in [-0.3, -0.25) is 4.79 Å². The van der Waals surface area contributed by atoms with Crippen LogP contribution in [0.4, 0.5) is 11.5 Å². The van der Waals surface area contributed by atoms with E-state index in [1.165, 1.54) is 17.5 Å². The number of aryl methyl sites for hydroxylation is 2. The molecule has 0 aliphatic carbocycles. The average molecular weight is 346 g/mol. The second kappa shape index (κ2) is 8.25. The summed E-state index contributed by atoms with van der Waals surface area (Å²) in [6.07, 6.45) is 2.39. The molecule has 0 unspecified atom stereocenters. The summed E-state index contributed by atoms with van der Waals surface area (Å²) in [6, 6.07) is 17.8. The van der Waals surface area contributed by atoms with Gasteiger partial charge in [0, 0.05) is 18.3 Å². The molecule has 0 radical (unpaired) electrons. The van der Waals surface area contributed by atoms with Crippen molar-refractivity contribution in [3.63, 3.8) is 0 Å². The summed E-state index contributed by atoms with van der Waals surface area (Å²) >= 11 is 0. The number of aromatic nitrogens is 2. The molecule has 132 valence electrons. The van der Waals surface area contributed by atoms with Gasteiger partial charge < -0.3 is 10.6 Å². The summed E-state index contributed by atoms with van der Waals surface area (Å²) in [7, 11) is 0. The van der Waals surface area contributed by atoms with Gasteiger partial charge in [-0.05, 0) is 36.6 Å². The fourth-order valence-corrected chi connectivity index (χ4v) is 2.62. The van der Waals surface area contributed by atoms with Crippen molar-refractivity contribution in [3.05, 3.63) is 83.3 Å². The van der Waals surface area contributed by atoms with Crippen molar-refractivity contribution in [2.24, 2.45) is 0 Å². The minimum absolute atomic E-state index is 0.224. The van der Waals surface area contributed by atoms with Crippen LogP contribution >= 0.6 is 0 Å². The van der Waals surface area contributed by atoms with Crippen molar-refractivity contribution in [1.82, 2.24) is 15.3 Å². The quantitative estimate of drug-likeness (QED) is 0.707. The summed E-state index contributed by atoms with van der Waals surface area (Å²) in [5, 5.41) is 6.09. The Balaban J connectivity index is 1.64. The largest absolute Gasteiger partial charge is 0.347 e. The molecule has 0 saturated heterocycles. The Morgan fingerprint density at radius 1 is 1.00 bits per heavy atom. The standard InChI is InChI=1S/C21H22N4O/c1-3-16-7-9-18(10-8-16)25-20-12-19(23-14-24-20)21(26)22-13-17-6-4-5-15(2)11-17/h4-12,14H,3,13H2,1-2H3,(H,22,26)(H,23,24,25). The van der Waals surface area contributed by atoms with Gasteiger partial charge in [0.2, 0.25) is 0 Å². The maximum atomic E-state index is 12.4. The average Bonchev–Trinajstić information content (AvgIpc) is 2.67. The van der Waals surface area contributed by atoms with Gasteiger partial charge in [0.1, 0.15) is 17.8 Å². The second-order valence-electron chi connectivity index (χ2n) is 6.14. The van der Waals surface area contributed by atoms with Crippen LogP contribution in [0.1, 0.15) is 34.1 Å². The van der Waals surface area contributed by atoms with Crippen molar-refractivity contribution < 1.29 is 4.79 Å². The first-order valence-corrected chi connectivity index (χ1v) is 8.66. The molecule has 5 heteroatoms. The highest BCUT2D eigenvalue weighted by atomic mass is 16.1. The number of carbonyl (C=O) groups excluding carboxylic acids is 1. The van der Waals surface area contributed by atoms with E-state index < -0.39 is 0 Å². The summed E-state index contributed by atoms with van der Waals surface area (Å²) < 4.78 is 0. The van der Waals surface area contributed by atoms with Crippen LogP contribution in [-0.2, 0) is 13.0 Å². The number of benzene rings is 2. The van der Waals surface area contributed by atoms with Crippen molar-refractivity contribution in [1.29, 1.82) is 0 Å². The predicted molar refractivity (Wildman–Crippen MR) is 103 cm³/mol. The van der Waals surface area contributed by atoms with Gasteiger partial charge in [0.15, 0.2) is 0 Å². The van der Waals surface area contributed by atoms with E-state index >= 15 is 0 Å². The number of carbonyl (C=O) groups is 1. The third-order valence-electron chi connectivity index (χ3n) is 4.07. The topological polar surface area (TPSA) is 66.9 Å². The number of amides is 1. The van der Waals surface area contributed by atoms with Crippen LogP contribution in [0.5, 0.6) is 0 Å². The Labute approximate surface area is 153 Å². The maximum absolute atomic E-state index is 12.4. The number of nitrogens with zero attached hydrogens (tertiary/aromatic N) is 2. The van der Waals surface area contributed by atoms with Gasteiger partial charge in [0.05, 0.1) is 0 Å². The lowest BCUT2D eigenvalue weighted by atomic mass is 10.1. The zero-order chi connectivity index (χ0) is 18.4. The minimum Gasteiger partial charge on any atom is -0.347 e. The van der Waals surface area contributed by atoms with Crippen LogP contribution in [0, 0.1) is 6.92 Å². The van der Waals surface area contributed by atoms with Gasteiger partial charge in [-0.1, -0.05) is 48.9 Å². The zero-order valence-electron chi connectivity index (χ0n) is 15.0. The van der Waals surface area contributed by atoms with Crippen LogP contribution < -0.4 is 10.6 Å². The molecule has 3 aromatic rings. The molecule has 2 aromatic carbocycles. The highest BCUT2D eigenvalue weighted by Gasteiger charge is 2.09. The van der Waals surface area contributed by atoms with E-state index in [4.69, 9.17) is 0 Å². The smallest absolute Gasteiger partial charge is 0.270 e. The molecule has 3 rings (SSSR count). The van der Waals surface area contributed by atoms with Gasteiger partial charge >= 0.3 is 0 Å². The van der Waals surface area contributed by atoms with Gasteiger partial charge in [-0.25, -0.2) is 9.97 Å². The predicted octanol–water partition coefficient (Wildman–Crippen LogP) is 4.02. The van der Waals surface area contributed by atoms with Crippen molar-refractivity contribution in [2.45, 2.75) is 26.8 Å². The molecular weight excluding hydrogens is 324 g/mol. The number of nitrogens with one attached hydrogen (secondary N) is 2. The van der Waals surface area contributed by atoms with Crippen LogP contribution in [0.2, 0.25) is 0 Å². The molecule has 1 heterocycles. The maximum Gasteiger partial charge on any atom is 0.270 e. The van der Waals surface area contributed by atoms with Gasteiger partial charge in [-0.15, -0.1) is 0 Å². The van der Waals surface area contributed by atoms with Gasteiger partial charge in [0.25, 0.3) is 5.91 Å². The third kappa shape index (κ3) is 4.66. The van der Waals surface area contributed by atoms with Crippen molar-refractivity contribution in [2.75, 3.05) is 5.32 Å². The Morgan fingerprint density at radius 3 is 2.54 bits per heavy atom. The number of hydrogen-bond donors (Lipinski definition) is 2. The first-order chi connectivity index (χ1) is 12.6. The fraction of sp³-hybridized carbons (Fsp3) is 0.190. The second-order valence-corrected chi connectivity index (χ2v) is 6.14. The van der Waals surface area contributed by atoms with E-state index in [1.807, 2.05) is 43.3 Å². The molecule has 1 aromatic heterocycles. The summed E-state index contributed by atoms with van der Waals surface area (Å²) in [5.41, 5.74) is 4.75. The lowest BCUT2D eigenvalue weighted by molar-refractivity contribution is 0.0946.